The molecule has 0 bridgehead atoms. The summed E-state index contributed by atoms with van der Waals surface area (Å²) in [5.41, 5.74) is 0.410. The van der Waals surface area contributed by atoms with Gasteiger partial charge in [0.25, 0.3) is 0 Å². The van der Waals surface area contributed by atoms with E-state index in [1.54, 1.807) is 30.3 Å². The number of allylic oxidation sites excluding steroid dienone is 1. The molecule has 3 heteroatoms. The molecule has 0 aliphatic rings. The van der Waals surface area contributed by atoms with E-state index in [1.165, 1.54) is 18.2 Å². The number of aldehydes is 1. The van der Waals surface area contributed by atoms with Crippen LogP contribution in [0.15, 0.2) is 46.9 Å². The molecular weight excluding hydrogens is 207 g/mol. The predicted octanol–water partition coefficient (Wildman–Crippen LogP) is 3.30. The van der Waals surface area contributed by atoms with Crippen LogP contribution in [0, 0.1) is 5.82 Å². The molecule has 0 radical (unpaired) electrons. The molecule has 0 aliphatic heterocycles. The average molecular weight is 216 g/mol. The summed E-state index contributed by atoms with van der Waals surface area (Å²) in [6, 6.07) is 9.72. The highest BCUT2D eigenvalue weighted by molar-refractivity contribution is 5.73. The molecule has 2 nitrogen and oxygen atoms in total. The van der Waals surface area contributed by atoms with Crippen LogP contribution >= 0.6 is 0 Å². The smallest absolute Gasteiger partial charge is 0.142 e. The number of rotatable bonds is 3. The number of carbonyl (C=O) groups is 1. The fraction of sp³-hybridized carbons (Fsp3) is 0. The van der Waals surface area contributed by atoms with Crippen molar-refractivity contribution in [2.45, 2.75) is 0 Å². The summed E-state index contributed by atoms with van der Waals surface area (Å²) in [5, 5.41) is 0. The maximum absolute atomic E-state index is 13.4. The molecule has 0 N–H and O–H groups in total. The first kappa shape index (κ1) is 10.4. The summed E-state index contributed by atoms with van der Waals surface area (Å²) in [5.74, 6) is 0.636. The molecule has 0 amide bonds. The first-order chi connectivity index (χ1) is 7.81. The predicted molar refractivity (Wildman–Crippen MR) is 59.2 cm³/mol. The normalized spacial score (nSPS) is 10.8. The van der Waals surface area contributed by atoms with Gasteiger partial charge < -0.3 is 4.42 Å². The molecule has 0 saturated heterocycles. The van der Waals surface area contributed by atoms with Gasteiger partial charge in [0.05, 0.1) is 5.56 Å². The van der Waals surface area contributed by atoms with Crippen molar-refractivity contribution < 1.29 is 13.6 Å². The van der Waals surface area contributed by atoms with E-state index in [1.807, 2.05) is 0 Å². The highest BCUT2D eigenvalue weighted by atomic mass is 19.1. The lowest BCUT2D eigenvalue weighted by molar-refractivity contribution is -0.104. The van der Waals surface area contributed by atoms with E-state index in [0.29, 0.717) is 23.4 Å². The van der Waals surface area contributed by atoms with Crippen LogP contribution in [0.4, 0.5) is 4.39 Å². The van der Waals surface area contributed by atoms with Crippen molar-refractivity contribution in [1.82, 2.24) is 0 Å². The van der Waals surface area contributed by atoms with Crippen molar-refractivity contribution in [3.05, 3.63) is 54.1 Å². The van der Waals surface area contributed by atoms with Crippen LogP contribution in [-0.4, -0.2) is 6.29 Å². The van der Waals surface area contributed by atoms with Gasteiger partial charge in [0.15, 0.2) is 0 Å². The number of benzene rings is 1. The van der Waals surface area contributed by atoms with Gasteiger partial charge in [-0.15, -0.1) is 0 Å². The zero-order chi connectivity index (χ0) is 11.4. The monoisotopic (exact) mass is 216 g/mol. The molecule has 0 saturated carbocycles. The van der Waals surface area contributed by atoms with Crippen molar-refractivity contribution in [1.29, 1.82) is 0 Å². The number of hydrogen-bond acceptors (Lipinski definition) is 2. The van der Waals surface area contributed by atoms with E-state index >= 15 is 0 Å². The third kappa shape index (κ3) is 2.08. The molecule has 1 aromatic carbocycles. The number of hydrogen-bond donors (Lipinski definition) is 0. The second-order valence-corrected chi connectivity index (χ2v) is 3.18. The largest absolute Gasteiger partial charge is 0.457 e. The van der Waals surface area contributed by atoms with Crippen molar-refractivity contribution >= 4 is 12.4 Å². The lowest BCUT2D eigenvalue weighted by Crippen LogP contribution is -1.79. The minimum Gasteiger partial charge on any atom is -0.457 e. The third-order valence-corrected chi connectivity index (χ3v) is 2.11. The van der Waals surface area contributed by atoms with Gasteiger partial charge in [0.2, 0.25) is 0 Å². The Morgan fingerprint density at radius 3 is 2.69 bits per heavy atom. The minimum absolute atomic E-state index is 0.331. The lowest BCUT2D eigenvalue weighted by Gasteiger charge is -1.97. The molecule has 16 heavy (non-hydrogen) atoms. The van der Waals surface area contributed by atoms with E-state index in [4.69, 9.17) is 4.42 Å². The van der Waals surface area contributed by atoms with E-state index in [9.17, 15) is 9.18 Å². The fourth-order valence-corrected chi connectivity index (χ4v) is 1.38. The fourth-order valence-electron chi connectivity index (χ4n) is 1.38. The zero-order valence-electron chi connectivity index (χ0n) is 8.39. The van der Waals surface area contributed by atoms with Gasteiger partial charge in [0.1, 0.15) is 23.6 Å². The van der Waals surface area contributed by atoms with Crippen molar-refractivity contribution in [3.8, 4) is 11.3 Å². The van der Waals surface area contributed by atoms with Crippen molar-refractivity contribution in [2.75, 3.05) is 0 Å². The zero-order valence-corrected chi connectivity index (χ0v) is 8.39. The van der Waals surface area contributed by atoms with Gasteiger partial charge in [-0.1, -0.05) is 12.1 Å². The molecule has 2 aromatic rings. The highest BCUT2D eigenvalue weighted by Gasteiger charge is 2.07. The Morgan fingerprint density at radius 1 is 1.12 bits per heavy atom. The van der Waals surface area contributed by atoms with Crippen molar-refractivity contribution in [2.24, 2.45) is 0 Å². The maximum Gasteiger partial charge on any atom is 0.142 e. The molecule has 2 rings (SSSR count). The Morgan fingerprint density at radius 2 is 1.94 bits per heavy atom. The summed E-state index contributed by atoms with van der Waals surface area (Å²) in [6.45, 7) is 0. The quantitative estimate of drug-likeness (QED) is 0.582. The molecule has 80 valence electrons. The van der Waals surface area contributed by atoms with Gasteiger partial charge in [0, 0.05) is 0 Å². The van der Waals surface area contributed by atoms with Crippen LogP contribution in [-0.2, 0) is 4.79 Å². The Labute approximate surface area is 92.0 Å². The number of furan rings is 1. The van der Waals surface area contributed by atoms with Crippen LogP contribution in [0.25, 0.3) is 17.4 Å². The van der Waals surface area contributed by atoms with E-state index < -0.39 is 0 Å². The SMILES string of the molecule is O=CC=Cc1ccc(-c2ccccc2F)o1. The molecule has 1 heterocycles. The molecule has 0 atom stereocenters. The Bertz CT molecular complexity index is 526. The second kappa shape index (κ2) is 4.57. The van der Waals surface area contributed by atoms with Gasteiger partial charge in [-0.05, 0) is 36.4 Å². The van der Waals surface area contributed by atoms with E-state index in [0.717, 1.165) is 0 Å². The Hall–Kier alpha value is -2.16. The summed E-state index contributed by atoms with van der Waals surface area (Å²) >= 11 is 0. The lowest BCUT2D eigenvalue weighted by atomic mass is 10.1. The third-order valence-electron chi connectivity index (χ3n) is 2.11. The van der Waals surface area contributed by atoms with Crippen LogP contribution in [0.5, 0.6) is 0 Å². The average Bonchev–Trinajstić information content (AvgIpc) is 2.75. The van der Waals surface area contributed by atoms with Crippen LogP contribution in [0.1, 0.15) is 5.76 Å². The number of halogens is 1. The first-order valence-electron chi connectivity index (χ1n) is 4.78. The molecule has 0 spiro atoms. The number of carbonyl (C=O) groups excluding carboxylic acids is 1. The molecule has 0 unspecified atom stereocenters. The van der Waals surface area contributed by atoms with Crippen LogP contribution < -0.4 is 0 Å². The molecule has 0 aliphatic carbocycles. The highest BCUT2D eigenvalue weighted by Crippen LogP contribution is 2.25. The van der Waals surface area contributed by atoms with E-state index in [2.05, 4.69) is 0 Å². The van der Waals surface area contributed by atoms with Gasteiger partial charge in [-0.2, -0.15) is 0 Å². The van der Waals surface area contributed by atoms with Gasteiger partial charge >= 0.3 is 0 Å². The molecule has 1 aromatic heterocycles. The minimum atomic E-state index is -0.331. The summed E-state index contributed by atoms with van der Waals surface area (Å²) in [7, 11) is 0. The maximum atomic E-state index is 13.4. The molecular formula is C13H9FO2. The standard InChI is InChI=1S/C13H9FO2/c14-12-6-2-1-5-11(12)13-8-7-10(16-13)4-3-9-15/h1-9H. The van der Waals surface area contributed by atoms with Gasteiger partial charge in [-0.25, -0.2) is 4.39 Å². The first-order valence-corrected chi connectivity index (χ1v) is 4.78. The van der Waals surface area contributed by atoms with Crippen LogP contribution in [0.3, 0.4) is 0 Å². The van der Waals surface area contributed by atoms with E-state index in [-0.39, 0.29) is 5.82 Å². The summed E-state index contributed by atoms with van der Waals surface area (Å²) < 4.78 is 18.8. The Balaban J connectivity index is 2.35. The molecule has 0 fully saturated rings. The Kier molecular flexibility index (Phi) is 2.96. The topological polar surface area (TPSA) is 30.2 Å². The van der Waals surface area contributed by atoms with Crippen LogP contribution in [0.2, 0.25) is 0 Å². The van der Waals surface area contributed by atoms with Crippen molar-refractivity contribution in [3.63, 3.8) is 0 Å². The van der Waals surface area contributed by atoms with Gasteiger partial charge in [-0.3, -0.25) is 4.79 Å². The summed E-state index contributed by atoms with van der Waals surface area (Å²) in [6.07, 6.45) is 3.51. The summed E-state index contributed by atoms with van der Waals surface area (Å²) in [4.78, 5) is 10.1. The second-order valence-electron chi connectivity index (χ2n) is 3.18.